The first kappa shape index (κ1) is 18.6. The zero-order valence-corrected chi connectivity index (χ0v) is 16.4. The van der Waals surface area contributed by atoms with Gasteiger partial charge in [-0.25, -0.2) is 4.98 Å². The predicted molar refractivity (Wildman–Crippen MR) is 110 cm³/mol. The summed E-state index contributed by atoms with van der Waals surface area (Å²) in [6.07, 6.45) is 4.67. The number of pyridine rings is 1. The average molecular weight is 377 g/mol. The fourth-order valence-electron chi connectivity index (χ4n) is 3.56. The molecule has 0 radical (unpaired) electrons. The summed E-state index contributed by atoms with van der Waals surface area (Å²) in [5, 5.41) is 4.12. The van der Waals surface area contributed by atoms with Gasteiger partial charge in [-0.2, -0.15) is 4.98 Å². The Hall–Kier alpha value is -2.73. The van der Waals surface area contributed by atoms with Gasteiger partial charge in [0.05, 0.1) is 5.56 Å². The summed E-state index contributed by atoms with van der Waals surface area (Å²) in [7, 11) is 0. The quantitative estimate of drug-likeness (QED) is 0.629. The Morgan fingerprint density at radius 2 is 1.79 bits per heavy atom. The van der Waals surface area contributed by atoms with Gasteiger partial charge in [-0.05, 0) is 37.1 Å². The molecular formula is C22H27N5O. The van der Waals surface area contributed by atoms with Gasteiger partial charge < -0.3 is 14.3 Å². The Labute approximate surface area is 166 Å². The second kappa shape index (κ2) is 8.97. The molecule has 0 amide bonds. The van der Waals surface area contributed by atoms with E-state index in [4.69, 9.17) is 4.52 Å². The maximum absolute atomic E-state index is 5.45. The van der Waals surface area contributed by atoms with Crippen molar-refractivity contribution in [3.05, 3.63) is 60.0 Å². The van der Waals surface area contributed by atoms with Crippen LogP contribution in [0.15, 0.2) is 53.2 Å². The van der Waals surface area contributed by atoms with Gasteiger partial charge in [-0.1, -0.05) is 42.4 Å². The van der Waals surface area contributed by atoms with Crippen LogP contribution in [0.25, 0.3) is 11.5 Å². The summed E-state index contributed by atoms with van der Waals surface area (Å²) in [4.78, 5) is 14.0. The lowest BCUT2D eigenvalue weighted by Crippen LogP contribution is -2.46. The first-order valence-electron chi connectivity index (χ1n) is 10.1. The standard InChI is InChI=1S/C22H27N5O/c1-2-26-13-15-27(16-14-26)21-12-11-19(17-23-21)22-24-20(25-28-22)10-6-9-18-7-4-3-5-8-18/h3-5,7-8,11-12,17H,2,6,9-10,13-16H2,1H3. The fourth-order valence-corrected chi connectivity index (χ4v) is 3.56. The molecule has 4 rings (SSSR count). The van der Waals surface area contributed by atoms with Crippen molar-refractivity contribution in [1.29, 1.82) is 0 Å². The number of hydrogen-bond acceptors (Lipinski definition) is 6. The Morgan fingerprint density at radius 3 is 2.50 bits per heavy atom. The van der Waals surface area contributed by atoms with Crippen molar-refractivity contribution < 1.29 is 4.52 Å². The molecule has 1 fully saturated rings. The number of piperazine rings is 1. The number of benzene rings is 1. The van der Waals surface area contributed by atoms with Crippen LogP contribution in [0.3, 0.4) is 0 Å². The molecule has 0 unspecified atom stereocenters. The molecule has 1 aliphatic rings. The molecular weight excluding hydrogens is 350 g/mol. The van der Waals surface area contributed by atoms with Crippen LogP contribution in [0.4, 0.5) is 5.82 Å². The van der Waals surface area contributed by atoms with Crippen LogP contribution in [0.1, 0.15) is 24.7 Å². The summed E-state index contributed by atoms with van der Waals surface area (Å²) in [5.74, 6) is 2.32. The summed E-state index contributed by atoms with van der Waals surface area (Å²) in [5.41, 5.74) is 2.21. The summed E-state index contributed by atoms with van der Waals surface area (Å²) in [6.45, 7) is 7.55. The van der Waals surface area contributed by atoms with Crippen molar-refractivity contribution in [2.75, 3.05) is 37.6 Å². The van der Waals surface area contributed by atoms with Crippen LogP contribution in [0.2, 0.25) is 0 Å². The number of hydrogen-bond donors (Lipinski definition) is 0. The van der Waals surface area contributed by atoms with Gasteiger partial charge in [-0.3, -0.25) is 0 Å². The molecule has 0 atom stereocenters. The molecule has 0 N–H and O–H groups in total. The minimum absolute atomic E-state index is 0.546. The molecule has 1 aliphatic heterocycles. The van der Waals surface area contributed by atoms with Gasteiger partial charge in [0.25, 0.3) is 5.89 Å². The summed E-state index contributed by atoms with van der Waals surface area (Å²) in [6, 6.07) is 14.6. The summed E-state index contributed by atoms with van der Waals surface area (Å²) < 4.78 is 5.45. The molecule has 0 saturated carbocycles. The first-order chi connectivity index (χ1) is 13.8. The Bertz CT molecular complexity index is 854. The molecule has 3 heterocycles. The van der Waals surface area contributed by atoms with Gasteiger partial charge in [-0.15, -0.1) is 0 Å². The summed E-state index contributed by atoms with van der Waals surface area (Å²) >= 11 is 0. The van der Waals surface area contributed by atoms with Crippen LogP contribution < -0.4 is 4.90 Å². The lowest BCUT2D eigenvalue weighted by Gasteiger charge is -2.34. The van der Waals surface area contributed by atoms with Gasteiger partial charge in [0.1, 0.15) is 5.82 Å². The maximum atomic E-state index is 5.45. The van der Waals surface area contributed by atoms with Crippen LogP contribution >= 0.6 is 0 Å². The Balaban J connectivity index is 1.32. The number of anilines is 1. The molecule has 0 bridgehead atoms. The van der Waals surface area contributed by atoms with E-state index in [0.29, 0.717) is 5.89 Å². The van der Waals surface area contributed by atoms with Crippen LogP contribution in [0, 0.1) is 0 Å². The third-order valence-corrected chi connectivity index (χ3v) is 5.32. The highest BCUT2D eigenvalue weighted by molar-refractivity contribution is 5.54. The molecule has 0 aliphatic carbocycles. The van der Waals surface area contributed by atoms with Gasteiger partial charge in [0.15, 0.2) is 5.82 Å². The van der Waals surface area contributed by atoms with Crippen molar-refractivity contribution >= 4 is 5.82 Å². The number of aryl methyl sites for hydroxylation is 2. The lowest BCUT2D eigenvalue weighted by atomic mass is 10.1. The predicted octanol–water partition coefficient (Wildman–Crippen LogP) is 3.45. The smallest absolute Gasteiger partial charge is 0.259 e. The third-order valence-electron chi connectivity index (χ3n) is 5.32. The van der Waals surface area contributed by atoms with E-state index in [0.717, 1.165) is 69.2 Å². The van der Waals surface area contributed by atoms with E-state index in [9.17, 15) is 0 Å². The van der Waals surface area contributed by atoms with Crippen molar-refractivity contribution in [3.63, 3.8) is 0 Å². The molecule has 1 saturated heterocycles. The first-order valence-corrected chi connectivity index (χ1v) is 10.1. The van der Waals surface area contributed by atoms with E-state index >= 15 is 0 Å². The van der Waals surface area contributed by atoms with E-state index in [1.807, 2.05) is 18.3 Å². The molecule has 3 aromatic rings. The molecule has 2 aromatic heterocycles. The highest BCUT2D eigenvalue weighted by atomic mass is 16.5. The topological polar surface area (TPSA) is 58.3 Å². The van der Waals surface area contributed by atoms with Gasteiger partial charge in [0, 0.05) is 38.8 Å². The number of rotatable bonds is 7. The Kier molecular flexibility index (Phi) is 5.97. The Morgan fingerprint density at radius 1 is 0.964 bits per heavy atom. The lowest BCUT2D eigenvalue weighted by molar-refractivity contribution is 0.270. The second-order valence-corrected chi connectivity index (χ2v) is 7.18. The minimum Gasteiger partial charge on any atom is -0.354 e. The third kappa shape index (κ3) is 4.57. The van der Waals surface area contributed by atoms with Crippen LogP contribution in [-0.2, 0) is 12.8 Å². The maximum Gasteiger partial charge on any atom is 0.259 e. The van der Waals surface area contributed by atoms with Crippen LogP contribution in [0.5, 0.6) is 0 Å². The monoisotopic (exact) mass is 377 g/mol. The number of likely N-dealkylation sites (N-methyl/N-ethyl adjacent to an activating group) is 1. The highest BCUT2D eigenvalue weighted by Gasteiger charge is 2.17. The minimum atomic E-state index is 0.546. The van der Waals surface area contributed by atoms with Gasteiger partial charge in [0.2, 0.25) is 0 Å². The van der Waals surface area contributed by atoms with Crippen molar-refractivity contribution in [3.8, 4) is 11.5 Å². The van der Waals surface area contributed by atoms with Crippen molar-refractivity contribution in [2.24, 2.45) is 0 Å². The van der Waals surface area contributed by atoms with E-state index in [1.165, 1.54) is 5.56 Å². The van der Waals surface area contributed by atoms with Gasteiger partial charge >= 0.3 is 0 Å². The molecule has 28 heavy (non-hydrogen) atoms. The van der Waals surface area contributed by atoms with Crippen molar-refractivity contribution in [2.45, 2.75) is 26.2 Å². The molecule has 1 aromatic carbocycles. The SMILES string of the molecule is CCN1CCN(c2ccc(-c3nc(CCCc4ccccc4)no3)cn2)CC1. The fraction of sp³-hybridized carbons (Fsp3) is 0.409. The van der Waals surface area contributed by atoms with E-state index < -0.39 is 0 Å². The molecule has 146 valence electrons. The zero-order valence-electron chi connectivity index (χ0n) is 16.4. The molecule has 6 heteroatoms. The van der Waals surface area contributed by atoms with Crippen LogP contribution in [-0.4, -0.2) is 52.7 Å². The van der Waals surface area contributed by atoms with Crippen molar-refractivity contribution in [1.82, 2.24) is 20.0 Å². The van der Waals surface area contributed by atoms with E-state index in [1.54, 1.807) is 0 Å². The molecule has 0 spiro atoms. The second-order valence-electron chi connectivity index (χ2n) is 7.18. The van der Waals surface area contributed by atoms with E-state index in [-0.39, 0.29) is 0 Å². The average Bonchev–Trinajstić information content (AvgIpc) is 3.24. The largest absolute Gasteiger partial charge is 0.354 e. The number of nitrogens with zero attached hydrogens (tertiary/aromatic N) is 5. The number of aromatic nitrogens is 3. The van der Waals surface area contributed by atoms with E-state index in [2.05, 4.69) is 62.2 Å². The normalized spacial score (nSPS) is 15.1. The molecule has 6 nitrogen and oxygen atoms in total. The highest BCUT2D eigenvalue weighted by Crippen LogP contribution is 2.20. The zero-order chi connectivity index (χ0) is 19.2.